The minimum atomic E-state index is -4.10. The fourth-order valence-electron chi connectivity index (χ4n) is 4.14. The van der Waals surface area contributed by atoms with Crippen molar-refractivity contribution in [3.63, 3.8) is 0 Å². The number of carbonyl (C=O) groups excluding carboxylic acids is 2. The van der Waals surface area contributed by atoms with Crippen LogP contribution < -0.4 is 14.4 Å². The molecule has 40 heavy (non-hydrogen) atoms. The molecular formula is C30H36BrN3O5S. The number of hydrogen-bond donors (Lipinski definition) is 1. The Balaban J connectivity index is 2.03. The van der Waals surface area contributed by atoms with Crippen molar-refractivity contribution >= 4 is 43.5 Å². The molecule has 10 heteroatoms. The quantitative estimate of drug-likeness (QED) is 0.274. The Morgan fingerprint density at radius 3 is 2.10 bits per heavy atom. The number of nitrogens with zero attached hydrogens (tertiary/aromatic N) is 2. The standard InChI is InChI=1S/C30H36BrN3O5S/c1-5-22(3)32-30(36)28(6-2)33(20-23-12-18-26(39-4)19-13-23)29(35)21-34(25-16-14-24(31)15-17-25)40(37,38)27-10-8-7-9-11-27/h7-19,22,28H,5-6,20-21H2,1-4H3,(H,32,36)/t22-,28-/m0/s1. The molecule has 0 aliphatic carbocycles. The molecule has 0 saturated heterocycles. The number of halogens is 1. The molecule has 0 radical (unpaired) electrons. The third-order valence-corrected chi connectivity index (χ3v) is 8.94. The van der Waals surface area contributed by atoms with Gasteiger partial charge in [0.2, 0.25) is 11.8 Å². The van der Waals surface area contributed by atoms with Gasteiger partial charge in [-0.15, -0.1) is 0 Å². The van der Waals surface area contributed by atoms with Crippen LogP contribution in [0.3, 0.4) is 0 Å². The first-order valence-electron chi connectivity index (χ1n) is 13.2. The largest absolute Gasteiger partial charge is 0.497 e. The second kappa shape index (κ2) is 14.3. The minimum absolute atomic E-state index is 0.0639. The Morgan fingerprint density at radius 1 is 0.925 bits per heavy atom. The number of sulfonamides is 1. The fraction of sp³-hybridized carbons (Fsp3) is 0.333. The lowest BCUT2D eigenvalue weighted by Crippen LogP contribution is -2.53. The maximum atomic E-state index is 14.1. The highest BCUT2D eigenvalue weighted by Crippen LogP contribution is 2.26. The molecule has 3 aromatic carbocycles. The lowest BCUT2D eigenvalue weighted by molar-refractivity contribution is -0.140. The van der Waals surface area contributed by atoms with Crippen LogP contribution in [0.1, 0.15) is 39.2 Å². The number of hydrogen-bond acceptors (Lipinski definition) is 5. The van der Waals surface area contributed by atoms with Gasteiger partial charge in [0.25, 0.3) is 10.0 Å². The zero-order chi connectivity index (χ0) is 29.3. The Kier molecular flexibility index (Phi) is 11.2. The molecule has 0 fully saturated rings. The molecule has 0 spiro atoms. The molecule has 3 rings (SSSR count). The van der Waals surface area contributed by atoms with Gasteiger partial charge in [0.05, 0.1) is 17.7 Å². The highest BCUT2D eigenvalue weighted by molar-refractivity contribution is 9.10. The average molecular weight is 631 g/mol. The number of anilines is 1. The zero-order valence-electron chi connectivity index (χ0n) is 23.2. The average Bonchev–Trinajstić information content (AvgIpc) is 2.96. The second-order valence-corrected chi connectivity index (χ2v) is 12.2. The van der Waals surface area contributed by atoms with Crippen molar-refractivity contribution in [2.45, 2.75) is 57.1 Å². The Hall–Kier alpha value is -3.37. The monoisotopic (exact) mass is 629 g/mol. The number of carbonyl (C=O) groups is 2. The van der Waals surface area contributed by atoms with E-state index in [1.807, 2.05) is 32.9 Å². The molecule has 0 aliphatic heterocycles. The van der Waals surface area contributed by atoms with Crippen molar-refractivity contribution in [2.24, 2.45) is 0 Å². The van der Waals surface area contributed by atoms with Crippen LogP contribution in [0.4, 0.5) is 5.69 Å². The van der Waals surface area contributed by atoms with Crippen LogP contribution in [0.25, 0.3) is 0 Å². The number of nitrogens with one attached hydrogen (secondary N) is 1. The summed E-state index contributed by atoms with van der Waals surface area (Å²) in [5, 5.41) is 2.98. The van der Waals surface area contributed by atoms with Crippen LogP contribution in [-0.2, 0) is 26.2 Å². The number of methoxy groups -OCH3 is 1. The van der Waals surface area contributed by atoms with Gasteiger partial charge in [-0.2, -0.15) is 0 Å². The fourth-order valence-corrected chi connectivity index (χ4v) is 5.84. The summed E-state index contributed by atoms with van der Waals surface area (Å²) in [6.07, 6.45) is 1.09. The molecular weight excluding hydrogens is 594 g/mol. The summed E-state index contributed by atoms with van der Waals surface area (Å²) in [5.74, 6) is -0.109. The Labute approximate surface area is 245 Å². The first kappa shape index (κ1) is 31.2. The van der Waals surface area contributed by atoms with E-state index in [9.17, 15) is 18.0 Å². The van der Waals surface area contributed by atoms with Gasteiger partial charge in [-0.05, 0) is 73.9 Å². The summed E-state index contributed by atoms with van der Waals surface area (Å²) >= 11 is 3.38. The summed E-state index contributed by atoms with van der Waals surface area (Å²) in [6, 6.07) is 21.1. The number of benzene rings is 3. The zero-order valence-corrected chi connectivity index (χ0v) is 25.6. The summed E-state index contributed by atoms with van der Waals surface area (Å²) in [6.45, 7) is 5.35. The smallest absolute Gasteiger partial charge is 0.264 e. The molecule has 2 amide bonds. The van der Waals surface area contributed by atoms with Crippen LogP contribution in [0.2, 0.25) is 0 Å². The van der Waals surface area contributed by atoms with Gasteiger partial charge >= 0.3 is 0 Å². The van der Waals surface area contributed by atoms with Gasteiger partial charge in [-0.25, -0.2) is 8.42 Å². The van der Waals surface area contributed by atoms with E-state index < -0.39 is 28.5 Å². The van der Waals surface area contributed by atoms with Crippen molar-refractivity contribution in [3.05, 3.63) is 88.9 Å². The van der Waals surface area contributed by atoms with Crippen molar-refractivity contribution in [2.75, 3.05) is 18.0 Å². The second-order valence-electron chi connectivity index (χ2n) is 9.41. The number of ether oxygens (including phenoxy) is 1. The molecule has 0 aromatic heterocycles. The van der Waals surface area contributed by atoms with E-state index in [4.69, 9.17) is 4.74 Å². The van der Waals surface area contributed by atoms with Crippen LogP contribution in [0, 0.1) is 0 Å². The van der Waals surface area contributed by atoms with Crippen molar-refractivity contribution in [1.29, 1.82) is 0 Å². The first-order chi connectivity index (χ1) is 19.1. The molecule has 1 N–H and O–H groups in total. The van der Waals surface area contributed by atoms with Crippen LogP contribution in [0.5, 0.6) is 5.75 Å². The van der Waals surface area contributed by atoms with Crippen LogP contribution in [0.15, 0.2) is 88.2 Å². The van der Waals surface area contributed by atoms with E-state index in [-0.39, 0.29) is 23.4 Å². The SMILES string of the molecule is CC[C@H](C)NC(=O)[C@H](CC)N(Cc1ccc(OC)cc1)C(=O)CN(c1ccc(Br)cc1)S(=O)(=O)c1ccccc1. The lowest BCUT2D eigenvalue weighted by atomic mass is 10.1. The maximum Gasteiger partial charge on any atom is 0.264 e. The van der Waals surface area contributed by atoms with E-state index >= 15 is 0 Å². The molecule has 0 unspecified atom stereocenters. The minimum Gasteiger partial charge on any atom is -0.497 e. The molecule has 8 nitrogen and oxygen atoms in total. The Morgan fingerprint density at radius 2 is 1.55 bits per heavy atom. The maximum absolute atomic E-state index is 14.1. The molecule has 0 aliphatic rings. The molecule has 0 bridgehead atoms. The van der Waals surface area contributed by atoms with Crippen molar-refractivity contribution in [1.82, 2.24) is 10.2 Å². The third-order valence-electron chi connectivity index (χ3n) is 6.62. The van der Waals surface area contributed by atoms with Gasteiger partial charge in [0, 0.05) is 17.1 Å². The highest BCUT2D eigenvalue weighted by Gasteiger charge is 2.34. The van der Waals surface area contributed by atoms with E-state index in [0.717, 1.165) is 20.8 Å². The van der Waals surface area contributed by atoms with Gasteiger partial charge in [0.1, 0.15) is 18.3 Å². The first-order valence-corrected chi connectivity index (χ1v) is 15.4. The van der Waals surface area contributed by atoms with Gasteiger partial charge < -0.3 is 15.0 Å². The number of rotatable bonds is 13. The highest BCUT2D eigenvalue weighted by atomic mass is 79.9. The van der Waals surface area contributed by atoms with Crippen molar-refractivity contribution < 1.29 is 22.7 Å². The topological polar surface area (TPSA) is 96.0 Å². The van der Waals surface area contributed by atoms with E-state index in [0.29, 0.717) is 17.9 Å². The summed E-state index contributed by atoms with van der Waals surface area (Å²) in [7, 11) is -2.53. The molecule has 0 saturated carbocycles. The summed E-state index contributed by atoms with van der Waals surface area (Å²) in [4.78, 5) is 28.9. The summed E-state index contributed by atoms with van der Waals surface area (Å²) < 4.78 is 34.7. The predicted octanol–water partition coefficient (Wildman–Crippen LogP) is 5.38. The predicted molar refractivity (Wildman–Crippen MR) is 161 cm³/mol. The van der Waals surface area contributed by atoms with Crippen LogP contribution in [-0.4, -0.2) is 50.9 Å². The Bertz CT molecular complexity index is 1370. The summed E-state index contributed by atoms with van der Waals surface area (Å²) in [5.41, 5.74) is 1.12. The normalized spacial score (nSPS) is 12.7. The van der Waals surface area contributed by atoms with Gasteiger partial charge in [-0.3, -0.25) is 13.9 Å². The molecule has 3 aromatic rings. The van der Waals surface area contributed by atoms with Crippen molar-refractivity contribution in [3.8, 4) is 5.75 Å². The molecule has 0 heterocycles. The molecule has 2 atom stereocenters. The van der Waals surface area contributed by atoms with Crippen LogP contribution >= 0.6 is 15.9 Å². The lowest BCUT2D eigenvalue weighted by Gasteiger charge is -2.33. The van der Waals surface area contributed by atoms with Gasteiger partial charge in [-0.1, -0.05) is 60.1 Å². The molecule has 214 valence electrons. The van der Waals surface area contributed by atoms with E-state index in [1.54, 1.807) is 61.7 Å². The number of amides is 2. The van der Waals surface area contributed by atoms with Gasteiger partial charge in [0.15, 0.2) is 0 Å². The van der Waals surface area contributed by atoms with E-state index in [1.165, 1.54) is 17.0 Å². The third kappa shape index (κ3) is 7.85. The van der Waals surface area contributed by atoms with E-state index in [2.05, 4.69) is 21.2 Å².